The summed E-state index contributed by atoms with van der Waals surface area (Å²) in [6.07, 6.45) is 0.419. The van der Waals surface area contributed by atoms with Crippen LogP contribution < -0.4 is 10.1 Å². The summed E-state index contributed by atoms with van der Waals surface area (Å²) >= 11 is 0. The van der Waals surface area contributed by atoms with Crippen molar-refractivity contribution in [1.29, 1.82) is 0 Å². The molecule has 2 N–H and O–H groups in total. The van der Waals surface area contributed by atoms with E-state index in [1.54, 1.807) is 40.0 Å². The molecule has 0 aliphatic heterocycles. The third-order valence-corrected chi connectivity index (χ3v) is 6.08. The van der Waals surface area contributed by atoms with E-state index < -0.39 is 47.8 Å². The van der Waals surface area contributed by atoms with Crippen molar-refractivity contribution >= 4 is 17.8 Å². The normalized spacial score (nSPS) is 14.2. The highest BCUT2D eigenvalue weighted by molar-refractivity contribution is 5.97. The summed E-state index contributed by atoms with van der Waals surface area (Å²) in [7, 11) is 2.88. The van der Waals surface area contributed by atoms with Gasteiger partial charge in [-0.05, 0) is 44.4 Å². The van der Waals surface area contributed by atoms with Gasteiger partial charge in [0.05, 0.1) is 13.0 Å². The number of benzene rings is 1. The minimum absolute atomic E-state index is 0.0528. The fourth-order valence-electron chi connectivity index (χ4n) is 3.86. The molecule has 0 saturated carbocycles. The number of nitrogens with one attached hydrogen (secondary N) is 1. The molecule has 0 bridgehead atoms. The predicted octanol–water partition coefficient (Wildman–Crippen LogP) is 3.45. The fraction of sp³-hybridized carbons (Fsp3) is 0.500. The van der Waals surface area contributed by atoms with Crippen LogP contribution in [0, 0.1) is 17.7 Å². The number of pyridine rings is 1. The molecule has 2 aromatic rings. The molecule has 0 spiro atoms. The summed E-state index contributed by atoms with van der Waals surface area (Å²) in [5.41, 5.74) is 0.498. The Balaban J connectivity index is 2.21. The van der Waals surface area contributed by atoms with Crippen molar-refractivity contribution < 1.29 is 42.8 Å². The molecule has 10 nitrogen and oxygen atoms in total. The summed E-state index contributed by atoms with van der Waals surface area (Å²) in [5, 5.41) is 12.6. The summed E-state index contributed by atoms with van der Waals surface area (Å²) in [4.78, 5) is 42.0. The quantitative estimate of drug-likeness (QED) is 0.341. The summed E-state index contributed by atoms with van der Waals surface area (Å²) in [5.74, 6) is -3.59. The zero-order chi connectivity index (χ0) is 29.1. The van der Waals surface area contributed by atoms with Crippen molar-refractivity contribution in [2.45, 2.75) is 58.8 Å². The van der Waals surface area contributed by atoms with Gasteiger partial charge in [-0.2, -0.15) is 0 Å². The van der Waals surface area contributed by atoms with Crippen LogP contribution in [0.3, 0.4) is 0 Å². The summed E-state index contributed by atoms with van der Waals surface area (Å²) in [6.45, 7) is 6.76. The number of halogens is 1. The molecule has 0 fully saturated rings. The van der Waals surface area contributed by atoms with E-state index in [-0.39, 0.29) is 23.2 Å². The van der Waals surface area contributed by atoms with Gasteiger partial charge in [-0.25, -0.2) is 14.2 Å². The summed E-state index contributed by atoms with van der Waals surface area (Å²) < 4.78 is 35.1. The molecule has 0 unspecified atom stereocenters. The van der Waals surface area contributed by atoms with Gasteiger partial charge in [0.15, 0.2) is 17.2 Å². The Hall–Kier alpha value is -3.73. The fourth-order valence-corrected chi connectivity index (χ4v) is 3.86. The topological polar surface area (TPSA) is 133 Å². The molecule has 0 aliphatic rings. The van der Waals surface area contributed by atoms with Crippen molar-refractivity contribution in [3.05, 3.63) is 53.6 Å². The number of hydrogen-bond acceptors (Lipinski definition) is 9. The molecule has 1 heterocycles. The van der Waals surface area contributed by atoms with E-state index in [4.69, 9.17) is 18.9 Å². The average molecular weight is 549 g/mol. The minimum atomic E-state index is -1.12. The van der Waals surface area contributed by atoms with Gasteiger partial charge < -0.3 is 29.4 Å². The highest BCUT2D eigenvalue weighted by atomic mass is 19.1. The first kappa shape index (κ1) is 31.5. The van der Waals surface area contributed by atoms with Crippen LogP contribution in [0.1, 0.15) is 50.2 Å². The van der Waals surface area contributed by atoms with Crippen LogP contribution in [0.2, 0.25) is 0 Å². The Bertz CT molecular complexity index is 1110. The lowest BCUT2D eigenvalue weighted by Gasteiger charge is -2.32. The van der Waals surface area contributed by atoms with Gasteiger partial charge in [0, 0.05) is 31.9 Å². The molecule has 1 amide bonds. The van der Waals surface area contributed by atoms with Crippen LogP contribution in [0.5, 0.6) is 11.5 Å². The molecule has 4 atom stereocenters. The molecule has 2 rings (SSSR count). The molecule has 1 aromatic carbocycles. The number of amides is 1. The zero-order valence-corrected chi connectivity index (χ0v) is 23.1. The number of carbonyl (C=O) groups is 3. The first-order valence-corrected chi connectivity index (χ1v) is 12.7. The standard InChI is InChI=1S/C28H37FN2O8/c1-16(2)27(34)39-25(20(12-14-36-5)15-19-7-9-21(29)10-8-19)18(4)38-28(35)17(3)31-26(33)23-24(32)22(37-6)11-13-30-23/h7-11,13,16-18,20,25,32H,12,14-15H2,1-6H3,(H,31,33)/t17-,18-,20+,25-/m0/s1. The van der Waals surface area contributed by atoms with Gasteiger partial charge >= 0.3 is 11.9 Å². The minimum Gasteiger partial charge on any atom is -0.503 e. The number of aromatic nitrogens is 1. The molecule has 214 valence electrons. The van der Waals surface area contributed by atoms with E-state index in [9.17, 15) is 23.9 Å². The van der Waals surface area contributed by atoms with Gasteiger partial charge in [0.1, 0.15) is 24.1 Å². The maximum Gasteiger partial charge on any atom is 0.328 e. The van der Waals surface area contributed by atoms with Gasteiger partial charge in [-0.3, -0.25) is 9.59 Å². The van der Waals surface area contributed by atoms with E-state index in [2.05, 4.69) is 10.3 Å². The largest absolute Gasteiger partial charge is 0.503 e. The Kier molecular flexibility index (Phi) is 12.1. The van der Waals surface area contributed by atoms with Crippen molar-refractivity contribution in [3.8, 4) is 11.5 Å². The van der Waals surface area contributed by atoms with Crippen LogP contribution in [0.15, 0.2) is 36.5 Å². The molecular weight excluding hydrogens is 511 g/mol. The third kappa shape index (κ3) is 9.20. The van der Waals surface area contributed by atoms with E-state index in [1.165, 1.54) is 38.4 Å². The van der Waals surface area contributed by atoms with Crippen LogP contribution in [-0.2, 0) is 30.2 Å². The van der Waals surface area contributed by atoms with E-state index >= 15 is 0 Å². The second-order valence-electron chi connectivity index (χ2n) is 9.48. The number of rotatable bonds is 14. The van der Waals surface area contributed by atoms with Crippen molar-refractivity contribution in [3.63, 3.8) is 0 Å². The molecule has 1 aromatic heterocycles. The molecule has 0 aliphatic carbocycles. The Morgan fingerprint density at radius 1 is 1.00 bits per heavy atom. The number of carbonyl (C=O) groups excluding carboxylic acids is 3. The maximum atomic E-state index is 13.5. The van der Waals surface area contributed by atoms with Crippen molar-refractivity contribution in [1.82, 2.24) is 10.3 Å². The third-order valence-electron chi connectivity index (χ3n) is 6.08. The zero-order valence-electron chi connectivity index (χ0n) is 23.1. The van der Waals surface area contributed by atoms with Crippen LogP contribution in [0.25, 0.3) is 0 Å². The SMILES string of the molecule is COCC[C@H](Cc1ccc(F)cc1)[C@@H](OC(=O)C(C)C)[C@H](C)OC(=O)[C@H](C)NC(=O)c1nccc(OC)c1O. The van der Waals surface area contributed by atoms with E-state index in [1.807, 2.05) is 0 Å². The number of ether oxygens (including phenoxy) is 4. The Morgan fingerprint density at radius 3 is 2.26 bits per heavy atom. The average Bonchev–Trinajstić information content (AvgIpc) is 2.90. The lowest BCUT2D eigenvalue weighted by atomic mass is 9.88. The van der Waals surface area contributed by atoms with Crippen LogP contribution in [0.4, 0.5) is 4.39 Å². The first-order valence-electron chi connectivity index (χ1n) is 12.7. The molecular formula is C28H37FN2O8. The number of hydrogen-bond donors (Lipinski definition) is 2. The van der Waals surface area contributed by atoms with E-state index in [0.29, 0.717) is 19.4 Å². The van der Waals surface area contributed by atoms with Crippen molar-refractivity contribution in [2.75, 3.05) is 20.8 Å². The lowest BCUT2D eigenvalue weighted by molar-refractivity contribution is -0.174. The number of aromatic hydroxyl groups is 1. The van der Waals surface area contributed by atoms with Crippen molar-refractivity contribution in [2.24, 2.45) is 11.8 Å². The predicted molar refractivity (Wildman–Crippen MR) is 140 cm³/mol. The van der Waals surface area contributed by atoms with Gasteiger partial charge in [-0.1, -0.05) is 26.0 Å². The van der Waals surface area contributed by atoms with Gasteiger partial charge in [0.25, 0.3) is 5.91 Å². The highest BCUT2D eigenvalue weighted by Gasteiger charge is 2.35. The van der Waals surface area contributed by atoms with Crippen LogP contribution in [-0.4, -0.2) is 67.0 Å². The summed E-state index contributed by atoms with van der Waals surface area (Å²) in [6, 6.07) is 6.25. The second kappa shape index (κ2) is 15.0. The van der Waals surface area contributed by atoms with Gasteiger partial charge in [-0.15, -0.1) is 0 Å². The molecule has 11 heteroatoms. The Labute approximate surface area is 227 Å². The maximum absolute atomic E-state index is 13.5. The number of methoxy groups -OCH3 is 2. The molecule has 39 heavy (non-hydrogen) atoms. The molecule has 0 radical (unpaired) electrons. The van der Waals surface area contributed by atoms with Gasteiger partial charge in [0.2, 0.25) is 0 Å². The Morgan fingerprint density at radius 2 is 1.67 bits per heavy atom. The second-order valence-corrected chi connectivity index (χ2v) is 9.48. The number of esters is 2. The number of nitrogens with zero attached hydrogens (tertiary/aromatic N) is 1. The first-order chi connectivity index (χ1) is 18.5. The lowest BCUT2D eigenvalue weighted by Crippen LogP contribution is -2.45. The monoisotopic (exact) mass is 548 g/mol. The smallest absolute Gasteiger partial charge is 0.328 e. The molecule has 0 saturated heterocycles. The van der Waals surface area contributed by atoms with E-state index in [0.717, 1.165) is 5.56 Å². The van der Waals surface area contributed by atoms with Crippen LogP contribution >= 0.6 is 0 Å². The highest BCUT2D eigenvalue weighted by Crippen LogP contribution is 2.28.